The highest BCUT2D eigenvalue weighted by Gasteiger charge is 2.11. The molecule has 0 aromatic heterocycles. The van der Waals surface area contributed by atoms with Gasteiger partial charge in [-0.3, -0.25) is 0 Å². The highest BCUT2D eigenvalue weighted by molar-refractivity contribution is 5.27. The van der Waals surface area contributed by atoms with E-state index in [0.717, 1.165) is 17.2 Å². The summed E-state index contributed by atoms with van der Waals surface area (Å²) in [5.41, 5.74) is 2.19. The molecule has 0 bridgehead atoms. The Hall–Kier alpha value is -1.81. The molecule has 0 radical (unpaired) electrons. The second kappa shape index (κ2) is 6.09. The molecule has 0 aliphatic carbocycles. The molecule has 4 heteroatoms. The van der Waals surface area contributed by atoms with Crippen molar-refractivity contribution in [1.29, 1.82) is 0 Å². The Balaban J connectivity index is 2.06. The van der Waals surface area contributed by atoms with Gasteiger partial charge in [-0.25, -0.2) is 13.2 Å². The second-order valence-electron chi connectivity index (χ2n) is 4.84. The van der Waals surface area contributed by atoms with Crippen LogP contribution in [0.5, 0.6) is 0 Å². The molecule has 0 spiro atoms. The van der Waals surface area contributed by atoms with Gasteiger partial charge < -0.3 is 5.32 Å². The van der Waals surface area contributed by atoms with E-state index in [-0.39, 0.29) is 11.9 Å². The van der Waals surface area contributed by atoms with Gasteiger partial charge in [0.05, 0.1) is 0 Å². The van der Waals surface area contributed by atoms with Gasteiger partial charge in [0, 0.05) is 24.2 Å². The van der Waals surface area contributed by atoms with E-state index < -0.39 is 11.6 Å². The van der Waals surface area contributed by atoms with Crippen LogP contribution in [0.15, 0.2) is 36.4 Å². The van der Waals surface area contributed by atoms with Crippen molar-refractivity contribution in [3.05, 3.63) is 70.5 Å². The minimum absolute atomic E-state index is 0.264. The molecule has 1 N–H and O–H groups in total. The summed E-state index contributed by atoms with van der Waals surface area (Å²) in [7, 11) is 0. The van der Waals surface area contributed by atoms with E-state index in [1.54, 1.807) is 13.0 Å². The molecule has 2 aromatic carbocycles. The van der Waals surface area contributed by atoms with Crippen molar-refractivity contribution in [3.8, 4) is 0 Å². The van der Waals surface area contributed by atoms with Gasteiger partial charge in [0.2, 0.25) is 0 Å². The van der Waals surface area contributed by atoms with Gasteiger partial charge in [0.25, 0.3) is 0 Å². The normalized spacial score (nSPS) is 12.4. The van der Waals surface area contributed by atoms with E-state index in [1.807, 2.05) is 6.92 Å². The molecule has 0 saturated carbocycles. The zero-order valence-corrected chi connectivity index (χ0v) is 11.4. The minimum Gasteiger partial charge on any atom is -0.306 e. The molecular weight excluding hydrogens is 263 g/mol. The van der Waals surface area contributed by atoms with Gasteiger partial charge in [-0.15, -0.1) is 0 Å². The highest BCUT2D eigenvalue weighted by atomic mass is 19.1. The van der Waals surface area contributed by atoms with Crippen molar-refractivity contribution < 1.29 is 13.2 Å². The number of benzene rings is 2. The van der Waals surface area contributed by atoms with Gasteiger partial charge in [-0.1, -0.05) is 12.1 Å². The van der Waals surface area contributed by atoms with E-state index >= 15 is 0 Å². The van der Waals surface area contributed by atoms with Crippen molar-refractivity contribution in [1.82, 2.24) is 5.32 Å². The Morgan fingerprint density at radius 1 is 1.00 bits per heavy atom. The Bertz CT molecular complexity index is 611. The predicted molar refractivity (Wildman–Crippen MR) is 72.7 cm³/mol. The first kappa shape index (κ1) is 14.6. The summed E-state index contributed by atoms with van der Waals surface area (Å²) in [5.74, 6) is -1.43. The monoisotopic (exact) mass is 279 g/mol. The average molecular weight is 279 g/mol. The number of hydrogen-bond donors (Lipinski definition) is 1. The molecule has 2 rings (SSSR count). The Morgan fingerprint density at radius 3 is 2.30 bits per heavy atom. The molecule has 1 unspecified atom stereocenters. The van der Waals surface area contributed by atoms with Crippen molar-refractivity contribution in [2.45, 2.75) is 26.4 Å². The maximum atomic E-state index is 13.6. The predicted octanol–water partition coefficient (Wildman–Crippen LogP) is 4.26. The third-order valence-electron chi connectivity index (χ3n) is 3.33. The highest BCUT2D eigenvalue weighted by Crippen LogP contribution is 2.19. The molecule has 0 aliphatic heterocycles. The zero-order chi connectivity index (χ0) is 14.7. The lowest BCUT2D eigenvalue weighted by molar-refractivity contribution is 0.517. The van der Waals surface area contributed by atoms with Crippen LogP contribution in [0.25, 0.3) is 0 Å². The van der Waals surface area contributed by atoms with Crippen LogP contribution in [0, 0.1) is 24.4 Å². The van der Waals surface area contributed by atoms with E-state index in [1.165, 1.54) is 24.3 Å². The summed E-state index contributed by atoms with van der Waals surface area (Å²) < 4.78 is 39.5. The van der Waals surface area contributed by atoms with Crippen molar-refractivity contribution in [2.24, 2.45) is 0 Å². The summed E-state index contributed by atoms with van der Waals surface area (Å²) in [6.07, 6.45) is 0. The Kier molecular flexibility index (Phi) is 4.45. The summed E-state index contributed by atoms with van der Waals surface area (Å²) in [4.78, 5) is 0. The molecule has 106 valence electrons. The maximum Gasteiger partial charge on any atom is 0.130 e. The zero-order valence-electron chi connectivity index (χ0n) is 11.4. The lowest BCUT2D eigenvalue weighted by Gasteiger charge is -2.16. The smallest absolute Gasteiger partial charge is 0.130 e. The summed E-state index contributed by atoms with van der Waals surface area (Å²) >= 11 is 0. The molecule has 1 atom stereocenters. The first-order chi connectivity index (χ1) is 9.47. The van der Waals surface area contributed by atoms with Crippen LogP contribution in [0.2, 0.25) is 0 Å². The third-order valence-corrected chi connectivity index (χ3v) is 3.33. The Morgan fingerprint density at radius 2 is 1.65 bits per heavy atom. The molecule has 1 nitrogen and oxygen atoms in total. The summed E-state index contributed by atoms with van der Waals surface area (Å²) in [5, 5.41) is 3.15. The molecule has 0 heterocycles. The number of rotatable bonds is 4. The first-order valence-corrected chi connectivity index (χ1v) is 6.40. The number of aryl methyl sites for hydroxylation is 1. The van der Waals surface area contributed by atoms with Crippen molar-refractivity contribution >= 4 is 0 Å². The van der Waals surface area contributed by atoms with Gasteiger partial charge >= 0.3 is 0 Å². The number of halogens is 3. The number of hydrogen-bond acceptors (Lipinski definition) is 1. The van der Waals surface area contributed by atoms with Crippen molar-refractivity contribution in [2.75, 3.05) is 0 Å². The molecule has 0 aliphatic rings. The molecule has 2 aromatic rings. The number of nitrogens with one attached hydrogen (secondary N) is 1. The molecule has 0 amide bonds. The largest absolute Gasteiger partial charge is 0.306 e. The van der Waals surface area contributed by atoms with Gasteiger partial charge in [-0.2, -0.15) is 0 Å². The average Bonchev–Trinajstić information content (AvgIpc) is 2.37. The Labute approximate surface area is 116 Å². The maximum absolute atomic E-state index is 13.6. The summed E-state index contributed by atoms with van der Waals surface area (Å²) in [6, 6.07) is 7.83. The van der Waals surface area contributed by atoms with Crippen molar-refractivity contribution in [3.63, 3.8) is 0 Å². The van der Waals surface area contributed by atoms with E-state index in [0.29, 0.717) is 12.1 Å². The van der Waals surface area contributed by atoms with E-state index in [4.69, 9.17) is 0 Å². The van der Waals surface area contributed by atoms with Crippen LogP contribution in [-0.2, 0) is 6.54 Å². The quantitative estimate of drug-likeness (QED) is 0.881. The van der Waals surface area contributed by atoms with Gasteiger partial charge in [-0.05, 0) is 43.2 Å². The van der Waals surface area contributed by atoms with Gasteiger partial charge in [0.15, 0.2) is 0 Å². The fourth-order valence-electron chi connectivity index (χ4n) is 2.08. The van der Waals surface area contributed by atoms with E-state index in [2.05, 4.69) is 5.32 Å². The van der Waals surface area contributed by atoms with Crippen LogP contribution in [0.4, 0.5) is 13.2 Å². The van der Waals surface area contributed by atoms with Crippen LogP contribution >= 0.6 is 0 Å². The SMILES string of the molecule is Cc1cc(F)ccc1CNC(C)c1ccc(F)cc1F. The van der Waals surface area contributed by atoms with Crippen LogP contribution in [0.3, 0.4) is 0 Å². The standard InChI is InChI=1S/C16H16F3N/c1-10-7-13(17)4-3-12(10)9-20-11(2)15-6-5-14(18)8-16(15)19/h3-8,11,20H,9H2,1-2H3. The van der Waals surface area contributed by atoms with Gasteiger partial charge in [0.1, 0.15) is 17.5 Å². The second-order valence-corrected chi connectivity index (χ2v) is 4.84. The van der Waals surface area contributed by atoms with Crippen LogP contribution in [-0.4, -0.2) is 0 Å². The fraction of sp³-hybridized carbons (Fsp3) is 0.250. The van der Waals surface area contributed by atoms with Crippen LogP contribution in [0.1, 0.15) is 29.7 Å². The fourth-order valence-corrected chi connectivity index (χ4v) is 2.08. The third kappa shape index (κ3) is 3.39. The molecule has 20 heavy (non-hydrogen) atoms. The van der Waals surface area contributed by atoms with E-state index in [9.17, 15) is 13.2 Å². The molecular formula is C16H16F3N. The first-order valence-electron chi connectivity index (χ1n) is 6.40. The minimum atomic E-state index is -0.590. The van der Waals surface area contributed by atoms with Crippen LogP contribution < -0.4 is 5.32 Å². The topological polar surface area (TPSA) is 12.0 Å². The lowest BCUT2D eigenvalue weighted by atomic mass is 10.1. The summed E-state index contributed by atoms with van der Waals surface area (Å²) in [6.45, 7) is 4.11. The molecule has 0 saturated heterocycles. The lowest BCUT2D eigenvalue weighted by Crippen LogP contribution is -2.19. The molecule has 0 fully saturated rings.